The van der Waals surface area contributed by atoms with E-state index in [1.54, 1.807) is 7.11 Å². The second-order valence-corrected chi connectivity index (χ2v) is 8.35. The number of nitrogens with zero attached hydrogens (tertiary/aromatic N) is 1. The highest BCUT2D eigenvalue weighted by molar-refractivity contribution is 8.00. The van der Waals surface area contributed by atoms with Gasteiger partial charge in [-0.05, 0) is 55.5 Å². The number of esters is 1. The fourth-order valence-electron chi connectivity index (χ4n) is 2.94. The van der Waals surface area contributed by atoms with Gasteiger partial charge in [-0.15, -0.1) is 23.1 Å². The number of hydrogen-bond donors (Lipinski definition) is 1. The number of methoxy groups -OCH3 is 1. The molecule has 0 radical (unpaired) electrons. The molecule has 146 valence electrons. The lowest BCUT2D eigenvalue weighted by Crippen LogP contribution is -2.21. The molecular weight excluding hydrogens is 396 g/mol. The first-order valence-corrected chi connectivity index (χ1v) is 10.7. The summed E-state index contributed by atoms with van der Waals surface area (Å²) in [4.78, 5) is 26.1. The van der Waals surface area contributed by atoms with Crippen molar-refractivity contribution in [1.82, 2.24) is 0 Å². The van der Waals surface area contributed by atoms with E-state index < -0.39 is 11.9 Å². The molecule has 0 fully saturated rings. The first-order valence-electron chi connectivity index (χ1n) is 8.87. The largest absolute Gasteiger partial charge is 0.497 e. The summed E-state index contributed by atoms with van der Waals surface area (Å²) in [5, 5.41) is 12.7. The Morgan fingerprint density at radius 1 is 1.25 bits per heavy atom. The number of carbonyl (C=O) groups excluding carboxylic acids is 2. The van der Waals surface area contributed by atoms with Gasteiger partial charge in [0.05, 0.1) is 18.4 Å². The van der Waals surface area contributed by atoms with Crippen molar-refractivity contribution in [1.29, 1.82) is 5.26 Å². The Kier molecular flexibility index (Phi) is 6.95. The van der Waals surface area contributed by atoms with Crippen LogP contribution in [-0.4, -0.2) is 31.3 Å². The molecule has 8 heteroatoms. The third-order valence-corrected chi connectivity index (χ3v) is 6.51. The molecule has 0 aliphatic heterocycles. The van der Waals surface area contributed by atoms with Gasteiger partial charge in [0.2, 0.25) is 0 Å². The molecule has 0 saturated carbocycles. The molecule has 1 aliphatic carbocycles. The Bertz CT molecular complexity index is 900. The van der Waals surface area contributed by atoms with Crippen LogP contribution in [0, 0.1) is 11.3 Å². The molecule has 0 bridgehead atoms. The SMILES string of the molecule is COc1ccc(SCC(=O)OCC(=O)Nc2sc3c(c2C#N)CCCC3)cc1. The van der Waals surface area contributed by atoms with Gasteiger partial charge in [0.15, 0.2) is 6.61 Å². The van der Waals surface area contributed by atoms with Crippen LogP contribution < -0.4 is 10.1 Å². The molecular formula is C20H20N2O4S2. The monoisotopic (exact) mass is 416 g/mol. The lowest BCUT2D eigenvalue weighted by atomic mass is 9.96. The number of anilines is 1. The van der Waals surface area contributed by atoms with Crippen LogP contribution in [0.2, 0.25) is 0 Å². The van der Waals surface area contributed by atoms with Crippen LogP contribution in [0.4, 0.5) is 5.00 Å². The van der Waals surface area contributed by atoms with Gasteiger partial charge >= 0.3 is 5.97 Å². The summed E-state index contributed by atoms with van der Waals surface area (Å²) in [6.07, 6.45) is 3.99. The number of nitriles is 1. The van der Waals surface area contributed by atoms with Gasteiger partial charge in [-0.25, -0.2) is 0 Å². The number of thiophene rings is 1. The normalized spacial score (nSPS) is 12.6. The number of rotatable bonds is 7. The highest BCUT2D eigenvalue weighted by Gasteiger charge is 2.22. The minimum atomic E-state index is -0.470. The van der Waals surface area contributed by atoms with Crippen LogP contribution in [0.15, 0.2) is 29.2 Å². The summed E-state index contributed by atoms with van der Waals surface area (Å²) in [5.41, 5.74) is 1.61. The Balaban J connectivity index is 1.47. The van der Waals surface area contributed by atoms with E-state index in [0.717, 1.165) is 41.9 Å². The summed E-state index contributed by atoms with van der Waals surface area (Å²) in [6.45, 7) is -0.366. The zero-order valence-electron chi connectivity index (χ0n) is 15.4. The van der Waals surface area contributed by atoms with Crippen LogP contribution >= 0.6 is 23.1 Å². The lowest BCUT2D eigenvalue weighted by Gasteiger charge is -2.09. The van der Waals surface area contributed by atoms with Crippen molar-refractivity contribution in [3.05, 3.63) is 40.3 Å². The molecule has 1 heterocycles. The van der Waals surface area contributed by atoms with Gasteiger partial charge in [-0.2, -0.15) is 5.26 Å². The average Bonchev–Trinajstić information content (AvgIpc) is 3.07. The molecule has 1 aromatic heterocycles. The van der Waals surface area contributed by atoms with Crippen molar-refractivity contribution >= 4 is 40.0 Å². The third-order valence-electron chi connectivity index (χ3n) is 4.32. The van der Waals surface area contributed by atoms with E-state index in [1.807, 2.05) is 24.3 Å². The molecule has 6 nitrogen and oxygen atoms in total. The van der Waals surface area contributed by atoms with Crippen LogP contribution in [-0.2, 0) is 27.2 Å². The Labute approximate surface area is 171 Å². The number of benzene rings is 1. The molecule has 1 aliphatic rings. The van der Waals surface area contributed by atoms with E-state index >= 15 is 0 Å². The van der Waals surface area contributed by atoms with E-state index in [0.29, 0.717) is 10.6 Å². The maximum Gasteiger partial charge on any atom is 0.316 e. The molecule has 0 atom stereocenters. The van der Waals surface area contributed by atoms with Crippen LogP contribution in [0.3, 0.4) is 0 Å². The molecule has 2 aromatic rings. The summed E-state index contributed by atoms with van der Waals surface area (Å²) in [7, 11) is 1.59. The molecule has 0 saturated heterocycles. The summed E-state index contributed by atoms with van der Waals surface area (Å²) in [6, 6.07) is 9.53. The van der Waals surface area contributed by atoms with E-state index in [2.05, 4.69) is 11.4 Å². The predicted octanol–water partition coefficient (Wildman–Crippen LogP) is 3.78. The Morgan fingerprint density at radius 3 is 2.71 bits per heavy atom. The predicted molar refractivity (Wildman–Crippen MR) is 109 cm³/mol. The first kappa shape index (κ1) is 20.2. The molecule has 0 spiro atoms. The van der Waals surface area contributed by atoms with E-state index in [1.165, 1.54) is 28.0 Å². The van der Waals surface area contributed by atoms with E-state index in [9.17, 15) is 14.9 Å². The van der Waals surface area contributed by atoms with Gasteiger partial charge in [-0.3, -0.25) is 9.59 Å². The van der Waals surface area contributed by atoms with Crippen molar-refractivity contribution in [2.24, 2.45) is 0 Å². The summed E-state index contributed by atoms with van der Waals surface area (Å²) < 4.78 is 10.1. The fourth-order valence-corrected chi connectivity index (χ4v) is 4.89. The van der Waals surface area contributed by atoms with Gasteiger partial charge in [0.1, 0.15) is 16.8 Å². The number of ether oxygens (including phenoxy) is 2. The quantitative estimate of drug-likeness (QED) is 0.546. The third kappa shape index (κ3) is 5.06. The van der Waals surface area contributed by atoms with Crippen molar-refractivity contribution < 1.29 is 19.1 Å². The highest BCUT2D eigenvalue weighted by atomic mass is 32.2. The van der Waals surface area contributed by atoms with Crippen LogP contribution in [0.1, 0.15) is 28.8 Å². The number of fused-ring (bicyclic) bond motifs is 1. The van der Waals surface area contributed by atoms with Crippen LogP contribution in [0.25, 0.3) is 0 Å². The minimum absolute atomic E-state index is 0.107. The molecule has 28 heavy (non-hydrogen) atoms. The standard InChI is InChI=1S/C20H20N2O4S2/c1-25-13-6-8-14(9-7-13)27-12-19(24)26-11-18(23)22-20-16(10-21)15-4-2-3-5-17(15)28-20/h6-9H,2-5,11-12H2,1H3,(H,22,23). The van der Waals surface area contributed by atoms with Gasteiger partial charge < -0.3 is 14.8 Å². The lowest BCUT2D eigenvalue weighted by molar-refractivity contribution is -0.144. The maximum atomic E-state index is 12.1. The number of amides is 1. The number of hydrogen-bond acceptors (Lipinski definition) is 7. The zero-order chi connectivity index (χ0) is 19.9. The highest BCUT2D eigenvalue weighted by Crippen LogP contribution is 2.37. The van der Waals surface area contributed by atoms with Crippen molar-refractivity contribution in [3.8, 4) is 11.8 Å². The number of thioether (sulfide) groups is 1. The van der Waals surface area contributed by atoms with Gasteiger partial charge in [-0.1, -0.05) is 0 Å². The molecule has 3 rings (SSSR count). The van der Waals surface area contributed by atoms with Gasteiger partial charge in [0.25, 0.3) is 5.91 Å². The number of aryl methyl sites for hydroxylation is 1. The Hall–Kier alpha value is -2.50. The first-order chi connectivity index (χ1) is 13.6. The second kappa shape index (κ2) is 9.62. The maximum absolute atomic E-state index is 12.1. The number of nitrogens with one attached hydrogen (secondary N) is 1. The van der Waals surface area contributed by atoms with E-state index in [4.69, 9.17) is 9.47 Å². The average molecular weight is 417 g/mol. The minimum Gasteiger partial charge on any atom is -0.497 e. The van der Waals surface area contributed by atoms with Crippen molar-refractivity contribution in [2.45, 2.75) is 30.6 Å². The topological polar surface area (TPSA) is 88.4 Å². The molecule has 0 unspecified atom stereocenters. The Morgan fingerprint density at radius 2 is 2.00 bits per heavy atom. The van der Waals surface area contributed by atoms with E-state index in [-0.39, 0.29) is 12.4 Å². The summed E-state index contributed by atoms with van der Waals surface area (Å²) in [5.74, 6) is -0.0495. The smallest absolute Gasteiger partial charge is 0.316 e. The van der Waals surface area contributed by atoms with Crippen molar-refractivity contribution in [3.63, 3.8) is 0 Å². The van der Waals surface area contributed by atoms with Crippen LogP contribution in [0.5, 0.6) is 5.75 Å². The second-order valence-electron chi connectivity index (χ2n) is 6.20. The number of carbonyl (C=O) groups is 2. The fraction of sp³-hybridized carbons (Fsp3) is 0.350. The zero-order valence-corrected chi connectivity index (χ0v) is 17.1. The summed E-state index contributed by atoms with van der Waals surface area (Å²) >= 11 is 2.78. The molecule has 1 N–H and O–H groups in total. The molecule has 1 aromatic carbocycles. The van der Waals surface area contributed by atoms with Gasteiger partial charge in [0, 0.05) is 9.77 Å². The van der Waals surface area contributed by atoms with Crippen molar-refractivity contribution in [2.75, 3.05) is 24.8 Å². The molecule has 1 amide bonds.